The van der Waals surface area contributed by atoms with Crippen LogP contribution < -0.4 is 0 Å². The van der Waals surface area contributed by atoms with Crippen LogP contribution in [-0.2, 0) is 14.3 Å². The van der Waals surface area contributed by atoms with Crippen LogP contribution in [0.5, 0.6) is 0 Å². The van der Waals surface area contributed by atoms with Crippen molar-refractivity contribution in [2.45, 2.75) is 111 Å². The molecule has 0 aromatic heterocycles. The quantitative estimate of drug-likeness (QED) is 0.541. The standard InChI is InChI=1S/C26H49NO6/c1-11-20-26(9,31)23(29)18(6)21(27-14-15(2)3)16(4)12-25(8,32-10)13-17(5)22(28)19(7)24(30)33-20/h15-20,22-23,28-29,31H,11-14H2,1-10H3/t16-,17-,18?,19?,20-,22+,23?,25-,26-/m1/s1. The van der Waals surface area contributed by atoms with Crippen molar-refractivity contribution in [3.05, 3.63) is 0 Å². The number of carbonyl (C=O) groups excluding carboxylic acids is 1. The highest BCUT2D eigenvalue weighted by Crippen LogP contribution is 2.35. The zero-order valence-corrected chi connectivity index (χ0v) is 22.5. The fourth-order valence-electron chi connectivity index (χ4n) is 5.19. The van der Waals surface area contributed by atoms with Gasteiger partial charge in [-0.15, -0.1) is 0 Å². The van der Waals surface area contributed by atoms with Crippen LogP contribution in [0.1, 0.15) is 81.6 Å². The van der Waals surface area contributed by atoms with Crippen LogP contribution in [0.15, 0.2) is 4.99 Å². The summed E-state index contributed by atoms with van der Waals surface area (Å²) in [7, 11) is 1.66. The van der Waals surface area contributed by atoms with Crippen molar-refractivity contribution < 1.29 is 29.6 Å². The monoisotopic (exact) mass is 471 g/mol. The van der Waals surface area contributed by atoms with Crippen LogP contribution >= 0.6 is 0 Å². The summed E-state index contributed by atoms with van der Waals surface area (Å²) in [5, 5.41) is 33.6. The summed E-state index contributed by atoms with van der Waals surface area (Å²) in [5.41, 5.74) is -1.43. The third-order valence-corrected chi connectivity index (χ3v) is 7.42. The second-order valence-corrected chi connectivity index (χ2v) is 11.2. The molecule has 1 aliphatic heterocycles. The van der Waals surface area contributed by atoms with E-state index in [0.29, 0.717) is 31.7 Å². The molecule has 1 saturated heterocycles. The number of ether oxygens (including phenoxy) is 2. The van der Waals surface area contributed by atoms with Gasteiger partial charge in [-0.2, -0.15) is 0 Å². The van der Waals surface area contributed by atoms with Crippen molar-refractivity contribution in [1.82, 2.24) is 0 Å². The molecule has 3 unspecified atom stereocenters. The summed E-state index contributed by atoms with van der Waals surface area (Å²) >= 11 is 0. The van der Waals surface area contributed by atoms with Gasteiger partial charge in [0.1, 0.15) is 11.7 Å². The molecule has 194 valence electrons. The lowest BCUT2D eigenvalue weighted by atomic mass is 9.74. The van der Waals surface area contributed by atoms with E-state index in [1.807, 2.05) is 20.8 Å². The van der Waals surface area contributed by atoms with Gasteiger partial charge >= 0.3 is 5.97 Å². The van der Waals surface area contributed by atoms with E-state index in [1.165, 1.54) is 6.92 Å². The van der Waals surface area contributed by atoms with E-state index in [-0.39, 0.29) is 11.8 Å². The molecular weight excluding hydrogens is 422 g/mol. The molecule has 0 saturated carbocycles. The van der Waals surface area contributed by atoms with Gasteiger partial charge in [-0.25, -0.2) is 0 Å². The lowest BCUT2D eigenvalue weighted by molar-refractivity contribution is -0.189. The summed E-state index contributed by atoms with van der Waals surface area (Å²) in [6.45, 7) is 17.6. The zero-order valence-electron chi connectivity index (χ0n) is 22.5. The fourth-order valence-corrected chi connectivity index (χ4v) is 5.19. The maximum Gasteiger partial charge on any atom is 0.311 e. The first-order chi connectivity index (χ1) is 15.1. The van der Waals surface area contributed by atoms with E-state index in [1.54, 1.807) is 21.0 Å². The first kappa shape index (κ1) is 30.0. The van der Waals surface area contributed by atoms with Crippen LogP contribution in [-0.4, -0.2) is 70.2 Å². The van der Waals surface area contributed by atoms with Gasteiger partial charge in [-0.05, 0) is 57.8 Å². The van der Waals surface area contributed by atoms with Gasteiger partial charge in [0.05, 0.1) is 23.7 Å². The van der Waals surface area contributed by atoms with E-state index < -0.39 is 47.3 Å². The van der Waals surface area contributed by atoms with Crippen molar-refractivity contribution in [3.63, 3.8) is 0 Å². The van der Waals surface area contributed by atoms with E-state index >= 15 is 0 Å². The van der Waals surface area contributed by atoms with Gasteiger partial charge in [-0.3, -0.25) is 9.79 Å². The highest BCUT2D eigenvalue weighted by atomic mass is 16.6. The number of carbonyl (C=O) groups is 1. The molecule has 0 aliphatic carbocycles. The molecule has 1 heterocycles. The number of nitrogens with zero attached hydrogens (tertiary/aromatic N) is 1. The number of aliphatic imine (C=N–C) groups is 1. The fraction of sp³-hybridized carbons (Fsp3) is 0.923. The molecule has 0 amide bonds. The minimum absolute atomic E-state index is 0.0264. The van der Waals surface area contributed by atoms with Gasteiger partial charge < -0.3 is 24.8 Å². The number of hydrogen-bond donors (Lipinski definition) is 3. The third kappa shape index (κ3) is 7.48. The van der Waals surface area contributed by atoms with E-state index in [0.717, 1.165) is 5.71 Å². The van der Waals surface area contributed by atoms with Crippen LogP contribution in [0.25, 0.3) is 0 Å². The van der Waals surface area contributed by atoms with Gasteiger partial charge in [0.25, 0.3) is 0 Å². The second-order valence-electron chi connectivity index (χ2n) is 11.2. The Labute approximate surface area is 201 Å². The molecule has 1 aliphatic rings. The number of cyclic esters (lactones) is 1. The zero-order chi connectivity index (χ0) is 25.7. The van der Waals surface area contributed by atoms with Gasteiger partial charge in [0.2, 0.25) is 0 Å². The van der Waals surface area contributed by atoms with Gasteiger partial charge in [0.15, 0.2) is 0 Å². The minimum atomic E-state index is -1.69. The molecule has 0 aromatic rings. The molecule has 33 heavy (non-hydrogen) atoms. The number of rotatable bonds is 4. The third-order valence-electron chi connectivity index (χ3n) is 7.42. The SMILES string of the molecule is CC[C@H]1OC(=O)C(C)[C@@H](O)[C@H](C)C[C@](C)(OC)C[C@@H](C)C(=NCC(C)C)C(C)C(O)[C@]1(C)O. The van der Waals surface area contributed by atoms with Crippen LogP contribution in [0.4, 0.5) is 0 Å². The highest BCUT2D eigenvalue weighted by molar-refractivity contribution is 5.89. The van der Waals surface area contributed by atoms with Crippen LogP contribution in [0.3, 0.4) is 0 Å². The van der Waals surface area contributed by atoms with Crippen molar-refractivity contribution in [2.24, 2.45) is 34.6 Å². The average Bonchev–Trinajstić information content (AvgIpc) is 2.74. The van der Waals surface area contributed by atoms with Gasteiger partial charge in [0, 0.05) is 25.3 Å². The number of methoxy groups -OCH3 is 1. The number of esters is 1. The smallest absolute Gasteiger partial charge is 0.311 e. The van der Waals surface area contributed by atoms with E-state index in [9.17, 15) is 20.1 Å². The Kier molecular flexibility index (Phi) is 11.0. The second kappa shape index (κ2) is 12.1. The summed E-state index contributed by atoms with van der Waals surface area (Å²) in [5.74, 6) is -1.71. The molecule has 7 nitrogen and oxygen atoms in total. The first-order valence-electron chi connectivity index (χ1n) is 12.5. The van der Waals surface area contributed by atoms with Crippen molar-refractivity contribution >= 4 is 11.7 Å². The Balaban J connectivity index is 3.56. The molecule has 0 radical (unpaired) electrons. The van der Waals surface area contributed by atoms with Crippen molar-refractivity contribution in [3.8, 4) is 0 Å². The summed E-state index contributed by atoms with van der Waals surface area (Å²) in [4.78, 5) is 17.8. The summed E-state index contributed by atoms with van der Waals surface area (Å²) in [6.07, 6.45) is -1.52. The molecule has 1 fully saturated rings. The molecule has 3 N–H and O–H groups in total. The number of aliphatic hydroxyl groups is 3. The van der Waals surface area contributed by atoms with Crippen LogP contribution in [0, 0.1) is 29.6 Å². The summed E-state index contributed by atoms with van der Waals surface area (Å²) in [6, 6.07) is 0. The van der Waals surface area contributed by atoms with Crippen molar-refractivity contribution in [2.75, 3.05) is 13.7 Å². The maximum atomic E-state index is 12.9. The Hall–Kier alpha value is -1.02. The minimum Gasteiger partial charge on any atom is -0.459 e. The largest absolute Gasteiger partial charge is 0.459 e. The Bertz CT molecular complexity index is 663. The Morgan fingerprint density at radius 3 is 2.18 bits per heavy atom. The molecule has 1 rings (SSSR count). The molecule has 0 spiro atoms. The predicted molar refractivity (Wildman–Crippen MR) is 131 cm³/mol. The average molecular weight is 472 g/mol. The Morgan fingerprint density at radius 1 is 1.12 bits per heavy atom. The lowest BCUT2D eigenvalue weighted by Gasteiger charge is -2.42. The van der Waals surface area contributed by atoms with Crippen molar-refractivity contribution in [1.29, 1.82) is 0 Å². The maximum absolute atomic E-state index is 12.9. The lowest BCUT2D eigenvalue weighted by Crippen LogP contribution is -2.56. The normalized spacial score (nSPS) is 43.4. The molecule has 9 atom stereocenters. The van der Waals surface area contributed by atoms with E-state index in [2.05, 4.69) is 20.8 Å². The molecule has 0 aromatic carbocycles. The number of aliphatic hydroxyl groups excluding tert-OH is 2. The Morgan fingerprint density at radius 2 is 1.70 bits per heavy atom. The highest BCUT2D eigenvalue weighted by Gasteiger charge is 2.46. The molecular formula is C26H49NO6. The number of hydrogen-bond acceptors (Lipinski definition) is 7. The topological polar surface area (TPSA) is 109 Å². The first-order valence-corrected chi connectivity index (χ1v) is 12.5. The molecule has 7 heteroatoms. The summed E-state index contributed by atoms with van der Waals surface area (Å²) < 4.78 is 11.6. The van der Waals surface area contributed by atoms with E-state index in [4.69, 9.17) is 14.5 Å². The van der Waals surface area contributed by atoms with Crippen LogP contribution in [0.2, 0.25) is 0 Å². The van der Waals surface area contributed by atoms with Gasteiger partial charge in [-0.1, -0.05) is 41.5 Å². The molecule has 0 bridgehead atoms. The predicted octanol–water partition coefficient (Wildman–Crippen LogP) is 3.62.